The highest BCUT2D eigenvalue weighted by molar-refractivity contribution is 6.31. The van der Waals surface area contributed by atoms with Crippen molar-refractivity contribution in [3.63, 3.8) is 0 Å². The highest BCUT2D eigenvalue weighted by Gasteiger charge is 2.41. The fourth-order valence-electron chi connectivity index (χ4n) is 3.08. The summed E-state index contributed by atoms with van der Waals surface area (Å²) < 4.78 is 11.4. The van der Waals surface area contributed by atoms with Crippen LogP contribution in [-0.4, -0.2) is 24.9 Å². The van der Waals surface area contributed by atoms with E-state index in [1.807, 2.05) is 25.1 Å². The van der Waals surface area contributed by atoms with Crippen LogP contribution in [0.3, 0.4) is 0 Å². The number of rotatable bonds is 2. The van der Waals surface area contributed by atoms with Gasteiger partial charge in [-0.1, -0.05) is 17.7 Å². The van der Waals surface area contributed by atoms with Crippen molar-refractivity contribution < 1.29 is 14.3 Å². The average Bonchev–Trinajstić information content (AvgIpc) is 2.93. The molecule has 1 aliphatic heterocycles. The summed E-state index contributed by atoms with van der Waals surface area (Å²) in [5.74, 6) is -0.335. The molecule has 1 aliphatic carbocycles. The van der Waals surface area contributed by atoms with Crippen LogP contribution < -0.4 is 5.32 Å². The van der Waals surface area contributed by atoms with Crippen molar-refractivity contribution in [2.45, 2.75) is 38.4 Å². The molecule has 1 saturated carbocycles. The summed E-state index contributed by atoms with van der Waals surface area (Å²) in [6.45, 7) is 3.24. The lowest BCUT2D eigenvalue weighted by Crippen LogP contribution is -2.38. The van der Waals surface area contributed by atoms with Gasteiger partial charge in [-0.2, -0.15) is 0 Å². The number of hydrogen-bond donors (Lipinski definition) is 1. The molecule has 0 radical (unpaired) electrons. The van der Waals surface area contributed by atoms with Gasteiger partial charge in [0.05, 0.1) is 13.2 Å². The van der Waals surface area contributed by atoms with E-state index >= 15 is 0 Å². The highest BCUT2D eigenvalue weighted by atomic mass is 35.5. The number of amides is 1. The lowest BCUT2D eigenvalue weighted by molar-refractivity contribution is -0.182. The summed E-state index contributed by atoms with van der Waals surface area (Å²) >= 11 is 6.08. The Morgan fingerprint density at radius 3 is 2.62 bits per heavy atom. The molecule has 2 aliphatic rings. The van der Waals surface area contributed by atoms with Gasteiger partial charge in [-0.3, -0.25) is 4.79 Å². The predicted molar refractivity (Wildman–Crippen MR) is 81.4 cm³/mol. The van der Waals surface area contributed by atoms with E-state index in [0.29, 0.717) is 18.2 Å². The second kappa shape index (κ2) is 5.95. The maximum absolute atomic E-state index is 12.4. The number of nitrogens with one attached hydrogen (secondary N) is 1. The molecule has 114 valence electrons. The second-order valence-corrected chi connectivity index (χ2v) is 6.19. The van der Waals surface area contributed by atoms with E-state index in [1.165, 1.54) is 0 Å². The minimum atomic E-state index is -0.414. The van der Waals surface area contributed by atoms with E-state index in [0.717, 1.165) is 36.9 Å². The Kier molecular flexibility index (Phi) is 4.20. The van der Waals surface area contributed by atoms with E-state index in [1.54, 1.807) is 0 Å². The van der Waals surface area contributed by atoms with E-state index in [4.69, 9.17) is 21.1 Å². The van der Waals surface area contributed by atoms with Crippen LogP contribution in [0.5, 0.6) is 0 Å². The molecule has 1 amide bonds. The van der Waals surface area contributed by atoms with Crippen molar-refractivity contribution in [2.24, 2.45) is 5.92 Å². The van der Waals surface area contributed by atoms with Crippen LogP contribution in [0.4, 0.5) is 5.69 Å². The van der Waals surface area contributed by atoms with E-state index in [-0.39, 0.29) is 11.8 Å². The molecule has 1 heterocycles. The van der Waals surface area contributed by atoms with Gasteiger partial charge in [-0.25, -0.2) is 0 Å². The fraction of sp³-hybridized carbons (Fsp3) is 0.562. The fourth-order valence-corrected chi connectivity index (χ4v) is 3.26. The van der Waals surface area contributed by atoms with Crippen LogP contribution in [0.2, 0.25) is 5.02 Å². The smallest absolute Gasteiger partial charge is 0.227 e. The number of ether oxygens (including phenoxy) is 2. The Hall–Kier alpha value is -1.10. The third-order valence-corrected chi connectivity index (χ3v) is 4.87. The molecule has 21 heavy (non-hydrogen) atoms. The number of carbonyl (C=O) groups is 1. The number of carbonyl (C=O) groups excluding carboxylic acids is 1. The number of anilines is 1. The SMILES string of the molecule is Cc1c(Cl)cccc1NC(=O)C1CCC2(CC1)OCCO2. The molecule has 1 spiro atoms. The van der Waals surface area contributed by atoms with Crippen molar-refractivity contribution >= 4 is 23.2 Å². The summed E-state index contributed by atoms with van der Waals surface area (Å²) in [4.78, 5) is 12.4. The third-order valence-electron chi connectivity index (χ3n) is 4.46. The Morgan fingerprint density at radius 2 is 1.95 bits per heavy atom. The number of hydrogen-bond acceptors (Lipinski definition) is 3. The molecule has 1 saturated heterocycles. The van der Waals surface area contributed by atoms with Crippen LogP contribution >= 0.6 is 11.6 Å². The van der Waals surface area contributed by atoms with Gasteiger partial charge in [-0.05, 0) is 37.5 Å². The first-order chi connectivity index (χ1) is 10.1. The summed E-state index contributed by atoms with van der Waals surface area (Å²) in [7, 11) is 0. The van der Waals surface area contributed by atoms with Crippen LogP contribution in [0.1, 0.15) is 31.2 Å². The monoisotopic (exact) mass is 309 g/mol. The van der Waals surface area contributed by atoms with Gasteiger partial charge in [0.1, 0.15) is 0 Å². The topological polar surface area (TPSA) is 47.6 Å². The Labute approximate surface area is 129 Å². The van der Waals surface area contributed by atoms with Crippen molar-refractivity contribution in [1.29, 1.82) is 0 Å². The molecule has 0 aromatic heterocycles. The average molecular weight is 310 g/mol. The molecule has 0 unspecified atom stereocenters. The molecule has 5 heteroatoms. The second-order valence-electron chi connectivity index (χ2n) is 5.78. The molecule has 1 N–H and O–H groups in total. The molecule has 2 fully saturated rings. The normalized spacial score (nSPS) is 21.6. The van der Waals surface area contributed by atoms with Gasteiger partial charge >= 0.3 is 0 Å². The van der Waals surface area contributed by atoms with Crippen LogP contribution in [0.15, 0.2) is 18.2 Å². The Bertz CT molecular complexity index is 530. The van der Waals surface area contributed by atoms with Crippen molar-refractivity contribution in [3.8, 4) is 0 Å². The first kappa shape index (κ1) is 14.8. The summed E-state index contributed by atoms with van der Waals surface area (Å²) in [5, 5.41) is 3.66. The summed E-state index contributed by atoms with van der Waals surface area (Å²) in [6.07, 6.45) is 3.18. The van der Waals surface area contributed by atoms with E-state index in [9.17, 15) is 4.79 Å². The lowest BCUT2D eigenvalue weighted by atomic mass is 9.84. The zero-order valence-corrected chi connectivity index (χ0v) is 12.9. The Morgan fingerprint density at radius 1 is 1.29 bits per heavy atom. The quantitative estimate of drug-likeness (QED) is 0.909. The van der Waals surface area contributed by atoms with Crippen LogP contribution in [0, 0.1) is 12.8 Å². The predicted octanol–water partition coefficient (Wildman–Crippen LogP) is 3.52. The lowest BCUT2D eigenvalue weighted by Gasteiger charge is -2.34. The zero-order valence-electron chi connectivity index (χ0n) is 12.2. The third kappa shape index (κ3) is 3.07. The van der Waals surface area contributed by atoms with E-state index < -0.39 is 5.79 Å². The molecule has 1 aromatic carbocycles. The standard InChI is InChI=1S/C16H20ClNO3/c1-11-13(17)3-2-4-14(11)18-15(19)12-5-7-16(8-6-12)20-9-10-21-16/h2-4,12H,5-10H2,1H3,(H,18,19). The summed E-state index contributed by atoms with van der Waals surface area (Å²) in [6, 6.07) is 5.55. The van der Waals surface area contributed by atoms with Gasteiger partial charge < -0.3 is 14.8 Å². The zero-order chi connectivity index (χ0) is 14.9. The molecule has 0 bridgehead atoms. The summed E-state index contributed by atoms with van der Waals surface area (Å²) in [5.41, 5.74) is 1.70. The van der Waals surface area contributed by atoms with E-state index in [2.05, 4.69) is 5.32 Å². The Balaban J connectivity index is 1.60. The molecule has 0 atom stereocenters. The highest BCUT2D eigenvalue weighted by Crippen LogP contribution is 2.38. The van der Waals surface area contributed by atoms with Crippen LogP contribution in [-0.2, 0) is 14.3 Å². The minimum Gasteiger partial charge on any atom is -0.348 e. The molecular weight excluding hydrogens is 290 g/mol. The molecule has 3 rings (SSSR count). The minimum absolute atomic E-state index is 0.0156. The van der Waals surface area contributed by atoms with Crippen LogP contribution in [0.25, 0.3) is 0 Å². The van der Waals surface area contributed by atoms with Gasteiger partial charge in [0.25, 0.3) is 0 Å². The molecule has 1 aromatic rings. The maximum Gasteiger partial charge on any atom is 0.227 e. The van der Waals surface area contributed by atoms with Crippen molar-refractivity contribution in [2.75, 3.05) is 18.5 Å². The van der Waals surface area contributed by atoms with Gasteiger partial charge in [0.15, 0.2) is 5.79 Å². The first-order valence-electron chi connectivity index (χ1n) is 7.44. The largest absolute Gasteiger partial charge is 0.348 e. The van der Waals surface area contributed by atoms with Crippen molar-refractivity contribution in [3.05, 3.63) is 28.8 Å². The maximum atomic E-state index is 12.4. The number of halogens is 1. The first-order valence-corrected chi connectivity index (χ1v) is 7.81. The van der Waals surface area contributed by atoms with Gasteiger partial charge in [0, 0.05) is 29.5 Å². The van der Waals surface area contributed by atoms with Crippen molar-refractivity contribution in [1.82, 2.24) is 0 Å². The molecular formula is C16H20ClNO3. The molecule has 4 nitrogen and oxygen atoms in total. The number of benzene rings is 1. The van der Waals surface area contributed by atoms with Gasteiger partial charge in [0.2, 0.25) is 5.91 Å². The van der Waals surface area contributed by atoms with Gasteiger partial charge in [-0.15, -0.1) is 0 Å².